The molecule has 4 heterocycles. The Balaban J connectivity index is 1.36. The summed E-state index contributed by atoms with van der Waals surface area (Å²) < 4.78 is 0. The van der Waals surface area contributed by atoms with E-state index < -0.39 is 0 Å². The topological polar surface area (TPSA) is 48.5 Å². The van der Waals surface area contributed by atoms with E-state index in [1.807, 2.05) is 29.4 Å². The van der Waals surface area contributed by atoms with Crippen LogP contribution in [0.1, 0.15) is 28.8 Å². The summed E-state index contributed by atoms with van der Waals surface area (Å²) in [6.07, 6.45) is 5.69. The molecule has 6 rings (SSSR count). The number of hydrogen-bond acceptors (Lipinski definition) is 4. The zero-order chi connectivity index (χ0) is 17.5. The van der Waals surface area contributed by atoms with E-state index in [0.29, 0.717) is 10.4 Å². The molecule has 132 valence electrons. The molecule has 6 heteroatoms. The van der Waals surface area contributed by atoms with E-state index in [1.54, 1.807) is 6.07 Å². The van der Waals surface area contributed by atoms with E-state index in [4.69, 9.17) is 11.6 Å². The minimum Gasteiger partial charge on any atom is -0.369 e. The molecule has 1 aromatic carbocycles. The van der Waals surface area contributed by atoms with Gasteiger partial charge in [0.2, 0.25) is 0 Å². The number of benzene rings is 1. The van der Waals surface area contributed by atoms with Gasteiger partial charge in [-0.1, -0.05) is 11.6 Å². The number of fused-ring (bicyclic) bond motifs is 2. The molecule has 0 radical (unpaired) electrons. The molecule has 1 amide bonds. The van der Waals surface area contributed by atoms with Crippen molar-refractivity contribution in [3.05, 3.63) is 52.8 Å². The van der Waals surface area contributed by atoms with Crippen molar-refractivity contribution in [2.75, 3.05) is 36.0 Å². The Kier molecular flexibility index (Phi) is 2.76. The summed E-state index contributed by atoms with van der Waals surface area (Å²) in [4.78, 5) is 21.9. The van der Waals surface area contributed by atoms with Crippen LogP contribution in [0.4, 0.5) is 11.4 Å². The average molecular weight is 367 g/mol. The Morgan fingerprint density at radius 1 is 1.08 bits per heavy atom. The number of nitrogens with zero attached hydrogens (tertiary/aromatic N) is 3. The molecule has 3 aliphatic heterocycles. The molecular weight excluding hydrogens is 348 g/mol. The van der Waals surface area contributed by atoms with Gasteiger partial charge in [0.25, 0.3) is 5.91 Å². The van der Waals surface area contributed by atoms with Gasteiger partial charge in [-0.15, -0.1) is 0 Å². The van der Waals surface area contributed by atoms with E-state index >= 15 is 0 Å². The Morgan fingerprint density at radius 2 is 1.85 bits per heavy atom. The lowest BCUT2D eigenvalue weighted by atomic mass is 9.74. The number of carbonyl (C=O) groups excluding carboxylic acids is 1. The van der Waals surface area contributed by atoms with Gasteiger partial charge in [0, 0.05) is 42.2 Å². The standard InChI is InChI=1S/C20H19ClN4O/c21-13-1-2-16-17(5-13)20(3-4-20)25(18(16)26)15-6-14(7-22-8-15)24-11-19(12-24)9-23-10-19/h1-2,5-8,23H,3-4,9-12H2. The number of halogens is 1. The first-order valence-corrected chi connectivity index (χ1v) is 9.54. The fraction of sp³-hybridized carbons (Fsp3) is 0.400. The Hall–Kier alpha value is -2.11. The van der Waals surface area contributed by atoms with Crippen molar-refractivity contribution in [3.8, 4) is 0 Å². The zero-order valence-electron chi connectivity index (χ0n) is 14.3. The lowest BCUT2D eigenvalue weighted by Crippen LogP contribution is -2.71. The highest BCUT2D eigenvalue weighted by atomic mass is 35.5. The van der Waals surface area contributed by atoms with Crippen LogP contribution in [0.5, 0.6) is 0 Å². The number of hydrogen-bond donors (Lipinski definition) is 1. The van der Waals surface area contributed by atoms with E-state index in [0.717, 1.165) is 61.5 Å². The highest BCUT2D eigenvalue weighted by molar-refractivity contribution is 6.31. The van der Waals surface area contributed by atoms with Crippen molar-refractivity contribution in [1.29, 1.82) is 0 Å². The van der Waals surface area contributed by atoms with Gasteiger partial charge in [-0.05, 0) is 42.7 Å². The second-order valence-electron chi connectivity index (χ2n) is 8.22. The first-order valence-electron chi connectivity index (χ1n) is 9.16. The van der Waals surface area contributed by atoms with Crippen molar-refractivity contribution >= 4 is 28.9 Å². The summed E-state index contributed by atoms with van der Waals surface area (Å²) in [6, 6.07) is 7.75. The van der Waals surface area contributed by atoms with Crippen molar-refractivity contribution in [1.82, 2.24) is 10.3 Å². The maximum atomic E-state index is 13.1. The molecule has 2 aromatic rings. The third-order valence-electron chi connectivity index (χ3n) is 6.45. The van der Waals surface area contributed by atoms with E-state index in [1.165, 1.54) is 0 Å². The van der Waals surface area contributed by atoms with Crippen LogP contribution in [0.2, 0.25) is 5.02 Å². The van der Waals surface area contributed by atoms with Crippen molar-refractivity contribution in [3.63, 3.8) is 0 Å². The van der Waals surface area contributed by atoms with Gasteiger partial charge in [0.05, 0.1) is 29.3 Å². The van der Waals surface area contributed by atoms with E-state index in [9.17, 15) is 4.79 Å². The third-order valence-corrected chi connectivity index (χ3v) is 6.69. The van der Waals surface area contributed by atoms with Crippen LogP contribution >= 0.6 is 11.6 Å². The van der Waals surface area contributed by atoms with E-state index in [-0.39, 0.29) is 11.4 Å². The number of rotatable bonds is 2. The van der Waals surface area contributed by atoms with Crippen LogP contribution < -0.4 is 15.1 Å². The molecular formula is C20H19ClN4O. The van der Waals surface area contributed by atoms with Gasteiger partial charge in [-0.2, -0.15) is 0 Å². The highest BCUT2D eigenvalue weighted by Crippen LogP contribution is 2.58. The number of amides is 1. The fourth-order valence-electron chi connectivity index (χ4n) is 4.86. The molecule has 2 spiro atoms. The van der Waals surface area contributed by atoms with Gasteiger partial charge in [0.15, 0.2) is 0 Å². The molecule has 3 fully saturated rings. The summed E-state index contributed by atoms with van der Waals surface area (Å²) in [7, 11) is 0. The van der Waals surface area contributed by atoms with Crippen LogP contribution in [0.3, 0.4) is 0 Å². The SMILES string of the molecule is O=C1c2ccc(Cl)cc2C2(CC2)N1c1cncc(N2CC3(CNC3)C2)c1. The molecule has 1 aliphatic carbocycles. The summed E-state index contributed by atoms with van der Waals surface area (Å²) in [6.45, 7) is 4.36. The van der Waals surface area contributed by atoms with Crippen LogP contribution in [0.15, 0.2) is 36.7 Å². The van der Waals surface area contributed by atoms with Crippen LogP contribution in [-0.4, -0.2) is 37.1 Å². The predicted octanol–water partition coefficient (Wildman–Crippen LogP) is 2.79. The second kappa shape index (κ2) is 4.78. The Bertz CT molecular complexity index is 943. The van der Waals surface area contributed by atoms with Gasteiger partial charge < -0.3 is 10.2 Å². The number of anilines is 2. The maximum Gasteiger partial charge on any atom is 0.259 e. The average Bonchev–Trinajstić information content (AvgIpc) is 3.30. The highest BCUT2D eigenvalue weighted by Gasteiger charge is 2.58. The maximum absolute atomic E-state index is 13.1. The van der Waals surface area contributed by atoms with Gasteiger partial charge in [-0.25, -0.2) is 0 Å². The predicted molar refractivity (Wildman–Crippen MR) is 101 cm³/mol. The lowest BCUT2D eigenvalue weighted by molar-refractivity contribution is 0.0989. The molecule has 0 atom stereocenters. The second-order valence-corrected chi connectivity index (χ2v) is 8.66. The largest absolute Gasteiger partial charge is 0.369 e. The summed E-state index contributed by atoms with van der Waals surface area (Å²) in [5.74, 6) is 0.0661. The minimum absolute atomic E-state index is 0.0661. The van der Waals surface area contributed by atoms with Crippen molar-refractivity contribution in [2.45, 2.75) is 18.4 Å². The number of pyridine rings is 1. The van der Waals surface area contributed by atoms with Crippen molar-refractivity contribution in [2.24, 2.45) is 5.41 Å². The molecule has 1 aromatic heterocycles. The summed E-state index contributed by atoms with van der Waals surface area (Å²) >= 11 is 6.21. The lowest BCUT2D eigenvalue weighted by Gasteiger charge is -2.57. The number of nitrogens with one attached hydrogen (secondary N) is 1. The summed E-state index contributed by atoms with van der Waals surface area (Å²) in [5.41, 5.74) is 4.10. The van der Waals surface area contributed by atoms with Crippen LogP contribution in [0.25, 0.3) is 0 Å². The fourth-order valence-corrected chi connectivity index (χ4v) is 5.03. The molecule has 0 bridgehead atoms. The molecule has 2 saturated heterocycles. The molecule has 5 nitrogen and oxygen atoms in total. The molecule has 4 aliphatic rings. The monoisotopic (exact) mass is 366 g/mol. The normalized spacial score (nSPS) is 23.8. The first-order chi connectivity index (χ1) is 12.6. The Labute approximate surface area is 157 Å². The van der Waals surface area contributed by atoms with Gasteiger partial charge in [0.1, 0.15) is 0 Å². The number of carbonyl (C=O) groups is 1. The van der Waals surface area contributed by atoms with Gasteiger partial charge in [-0.3, -0.25) is 14.7 Å². The van der Waals surface area contributed by atoms with Gasteiger partial charge >= 0.3 is 0 Å². The molecule has 26 heavy (non-hydrogen) atoms. The first kappa shape index (κ1) is 15.0. The van der Waals surface area contributed by atoms with Crippen molar-refractivity contribution < 1.29 is 4.79 Å². The molecule has 1 saturated carbocycles. The third kappa shape index (κ3) is 1.85. The smallest absolute Gasteiger partial charge is 0.259 e. The number of aromatic nitrogens is 1. The quantitative estimate of drug-likeness (QED) is 0.888. The minimum atomic E-state index is -0.217. The van der Waals surface area contributed by atoms with Crippen LogP contribution in [0, 0.1) is 5.41 Å². The van der Waals surface area contributed by atoms with Crippen LogP contribution in [-0.2, 0) is 5.54 Å². The molecule has 0 unspecified atom stereocenters. The summed E-state index contributed by atoms with van der Waals surface area (Å²) in [5, 5.41) is 4.06. The Morgan fingerprint density at radius 3 is 2.54 bits per heavy atom. The van der Waals surface area contributed by atoms with E-state index in [2.05, 4.69) is 21.3 Å². The molecule has 1 N–H and O–H groups in total. The zero-order valence-corrected chi connectivity index (χ0v) is 15.1.